The van der Waals surface area contributed by atoms with Gasteiger partial charge in [0.25, 0.3) is 0 Å². The van der Waals surface area contributed by atoms with Crippen LogP contribution < -0.4 is 0 Å². The van der Waals surface area contributed by atoms with Crippen LogP contribution in [-0.4, -0.2) is 44.3 Å². The predicted octanol–water partition coefficient (Wildman–Crippen LogP) is 0.594. The van der Waals surface area contributed by atoms with Gasteiger partial charge < -0.3 is 20.4 Å². The first-order valence-electron chi connectivity index (χ1n) is 4.84. The molecular formula is C11H14O8. The maximum atomic E-state index is 10.1. The van der Waals surface area contributed by atoms with Gasteiger partial charge in [0.1, 0.15) is 0 Å². The van der Waals surface area contributed by atoms with Gasteiger partial charge in [0.05, 0.1) is 12.8 Å². The van der Waals surface area contributed by atoms with E-state index in [1.807, 2.05) is 0 Å². The number of carbonyl (C=O) groups is 4. The second kappa shape index (κ2) is 9.40. The van der Waals surface area contributed by atoms with E-state index in [1.165, 1.54) is 13.0 Å². The van der Waals surface area contributed by atoms with Crippen LogP contribution in [0.5, 0.6) is 0 Å². The minimum absolute atomic E-state index is 0.0903. The zero-order valence-electron chi connectivity index (χ0n) is 10.1. The first-order chi connectivity index (χ1) is 8.61. The van der Waals surface area contributed by atoms with Gasteiger partial charge in [0.15, 0.2) is 0 Å². The van der Waals surface area contributed by atoms with Crippen LogP contribution in [0.15, 0.2) is 23.8 Å². The first kappa shape index (κ1) is 18.7. The van der Waals surface area contributed by atoms with Crippen LogP contribution >= 0.6 is 0 Å². The summed E-state index contributed by atoms with van der Waals surface area (Å²) in [5, 5.41) is 32.5. The third-order valence-electron chi connectivity index (χ3n) is 1.63. The van der Waals surface area contributed by atoms with E-state index in [0.717, 1.165) is 0 Å². The van der Waals surface area contributed by atoms with Gasteiger partial charge in [0.2, 0.25) is 0 Å². The number of hydrogen-bond acceptors (Lipinski definition) is 4. The average Bonchev–Trinajstić information content (AvgIpc) is 2.25. The fourth-order valence-corrected chi connectivity index (χ4v) is 0.722. The van der Waals surface area contributed by atoms with Gasteiger partial charge in [0, 0.05) is 11.1 Å². The molecule has 0 saturated carbocycles. The molecule has 0 aliphatic heterocycles. The number of rotatable bonds is 6. The molecule has 4 N–H and O–H groups in total. The Morgan fingerprint density at radius 2 is 1.32 bits per heavy atom. The number of carboxylic acids is 4. The highest BCUT2D eigenvalue weighted by atomic mass is 16.4. The normalized spacial score (nSPS) is 9.84. The SMILES string of the molecule is C=C(CC(=O)O)C(=O)O.CC=C(CC(=O)O)C(=O)O. The minimum atomic E-state index is -1.27. The molecule has 0 saturated heterocycles. The van der Waals surface area contributed by atoms with Crippen LogP contribution in [0, 0.1) is 0 Å². The van der Waals surface area contributed by atoms with E-state index in [-0.39, 0.29) is 11.1 Å². The van der Waals surface area contributed by atoms with Crippen LogP contribution in [-0.2, 0) is 19.2 Å². The van der Waals surface area contributed by atoms with E-state index in [4.69, 9.17) is 20.4 Å². The summed E-state index contributed by atoms with van der Waals surface area (Å²) in [4.78, 5) is 39.8. The monoisotopic (exact) mass is 274 g/mol. The van der Waals surface area contributed by atoms with Crippen molar-refractivity contribution in [1.82, 2.24) is 0 Å². The largest absolute Gasteiger partial charge is 0.481 e. The summed E-state index contributed by atoms with van der Waals surface area (Å²) in [6.45, 7) is 4.51. The Morgan fingerprint density at radius 1 is 0.895 bits per heavy atom. The molecule has 0 atom stereocenters. The molecule has 0 unspecified atom stereocenters. The number of hydrogen-bond donors (Lipinski definition) is 4. The molecule has 0 radical (unpaired) electrons. The van der Waals surface area contributed by atoms with Crippen molar-refractivity contribution >= 4 is 23.9 Å². The van der Waals surface area contributed by atoms with Crippen molar-refractivity contribution in [3.05, 3.63) is 23.8 Å². The van der Waals surface area contributed by atoms with Crippen LogP contribution in [0.3, 0.4) is 0 Å². The lowest BCUT2D eigenvalue weighted by Crippen LogP contribution is -2.05. The Balaban J connectivity index is 0. The number of aliphatic carboxylic acids is 4. The van der Waals surface area contributed by atoms with Gasteiger partial charge in [-0.1, -0.05) is 12.7 Å². The number of carboxylic acid groups (broad SMARTS) is 4. The average molecular weight is 274 g/mol. The highest BCUT2D eigenvalue weighted by Crippen LogP contribution is 2.00. The topological polar surface area (TPSA) is 149 Å². The van der Waals surface area contributed by atoms with Gasteiger partial charge >= 0.3 is 23.9 Å². The summed E-state index contributed by atoms with van der Waals surface area (Å²) >= 11 is 0. The smallest absolute Gasteiger partial charge is 0.331 e. The molecule has 8 nitrogen and oxygen atoms in total. The van der Waals surface area contributed by atoms with E-state index in [0.29, 0.717) is 0 Å². The molecule has 0 aromatic rings. The maximum Gasteiger partial charge on any atom is 0.331 e. The van der Waals surface area contributed by atoms with E-state index in [2.05, 4.69) is 6.58 Å². The van der Waals surface area contributed by atoms with Gasteiger partial charge in [-0.2, -0.15) is 0 Å². The zero-order valence-corrected chi connectivity index (χ0v) is 10.1. The fourth-order valence-electron chi connectivity index (χ4n) is 0.722. The van der Waals surface area contributed by atoms with Crippen molar-refractivity contribution in [3.63, 3.8) is 0 Å². The summed E-state index contributed by atoms with van der Waals surface area (Å²) in [6, 6.07) is 0. The molecule has 0 aliphatic carbocycles. The quantitative estimate of drug-likeness (QED) is 0.514. The highest BCUT2D eigenvalue weighted by molar-refractivity contribution is 5.92. The lowest BCUT2D eigenvalue weighted by atomic mass is 10.2. The van der Waals surface area contributed by atoms with Gasteiger partial charge in [-0.05, 0) is 6.92 Å². The third kappa shape index (κ3) is 11.6. The molecule has 0 fully saturated rings. The van der Waals surface area contributed by atoms with E-state index >= 15 is 0 Å². The van der Waals surface area contributed by atoms with Gasteiger partial charge in [-0.3, -0.25) is 9.59 Å². The highest BCUT2D eigenvalue weighted by Gasteiger charge is 2.09. The molecule has 0 aliphatic rings. The summed E-state index contributed by atoms with van der Waals surface area (Å²) in [5.74, 6) is -4.75. The second-order valence-electron chi connectivity index (χ2n) is 3.17. The Hall–Kier alpha value is -2.64. The molecule has 0 aromatic heterocycles. The first-order valence-corrected chi connectivity index (χ1v) is 4.84. The van der Waals surface area contributed by atoms with Crippen LogP contribution in [0.2, 0.25) is 0 Å². The lowest BCUT2D eigenvalue weighted by Gasteiger charge is -1.93. The van der Waals surface area contributed by atoms with Crippen LogP contribution in [0.1, 0.15) is 19.8 Å². The van der Waals surface area contributed by atoms with Crippen molar-refractivity contribution in [1.29, 1.82) is 0 Å². The van der Waals surface area contributed by atoms with E-state index in [9.17, 15) is 19.2 Å². The molecule has 0 spiro atoms. The molecule has 0 heterocycles. The molecular weight excluding hydrogens is 260 g/mol. The standard InChI is InChI=1S/C6H8O4.C5H6O4/c1-2-4(6(9)10)3-5(7)8;1-3(5(8)9)2-4(6)7/h2H,3H2,1H3,(H,7,8)(H,9,10);1-2H2,(H,6,7)(H,8,9). The van der Waals surface area contributed by atoms with Crippen LogP contribution in [0.4, 0.5) is 0 Å². The zero-order chi connectivity index (χ0) is 15.6. The Bertz CT molecular complexity index is 418. The fraction of sp³-hybridized carbons (Fsp3) is 0.273. The van der Waals surface area contributed by atoms with Gasteiger partial charge in [-0.25, -0.2) is 9.59 Å². The molecule has 8 heteroatoms. The lowest BCUT2D eigenvalue weighted by molar-refractivity contribution is -0.139. The number of allylic oxidation sites excluding steroid dienone is 1. The molecule has 106 valence electrons. The van der Waals surface area contributed by atoms with Gasteiger partial charge in [-0.15, -0.1) is 0 Å². The Labute approximate surface area is 108 Å². The summed E-state index contributed by atoms with van der Waals surface area (Å²) in [6.07, 6.45) is 0.345. The predicted molar refractivity (Wildman–Crippen MR) is 62.7 cm³/mol. The molecule has 0 aromatic carbocycles. The van der Waals surface area contributed by atoms with E-state index < -0.39 is 36.7 Å². The molecule has 19 heavy (non-hydrogen) atoms. The Kier molecular flexibility index (Phi) is 9.26. The third-order valence-corrected chi connectivity index (χ3v) is 1.63. The molecule has 0 rings (SSSR count). The van der Waals surface area contributed by atoms with E-state index in [1.54, 1.807) is 0 Å². The van der Waals surface area contributed by atoms with Crippen molar-refractivity contribution in [2.45, 2.75) is 19.8 Å². The maximum absolute atomic E-state index is 10.1. The van der Waals surface area contributed by atoms with Crippen molar-refractivity contribution in [2.75, 3.05) is 0 Å². The van der Waals surface area contributed by atoms with Crippen molar-refractivity contribution in [3.8, 4) is 0 Å². The summed E-state index contributed by atoms with van der Waals surface area (Å²) < 4.78 is 0. The van der Waals surface area contributed by atoms with Crippen molar-refractivity contribution < 1.29 is 39.6 Å². The summed E-state index contributed by atoms with van der Waals surface area (Å²) in [5.41, 5.74) is -0.394. The second-order valence-corrected chi connectivity index (χ2v) is 3.17. The van der Waals surface area contributed by atoms with Crippen molar-refractivity contribution in [2.24, 2.45) is 0 Å². The summed E-state index contributed by atoms with van der Waals surface area (Å²) in [7, 11) is 0. The minimum Gasteiger partial charge on any atom is -0.481 e. The Morgan fingerprint density at radius 3 is 1.42 bits per heavy atom. The van der Waals surface area contributed by atoms with Crippen LogP contribution in [0.25, 0.3) is 0 Å². The molecule has 0 amide bonds. The molecule has 0 bridgehead atoms.